The fourth-order valence-corrected chi connectivity index (χ4v) is 4.29. The third-order valence-electron chi connectivity index (χ3n) is 5.10. The molecule has 1 fully saturated rings. The smallest absolute Gasteiger partial charge is 0.270 e. The van der Waals surface area contributed by atoms with E-state index in [2.05, 4.69) is 15.4 Å². The molecule has 29 heavy (non-hydrogen) atoms. The molecule has 0 atom stereocenters. The first-order valence-electron chi connectivity index (χ1n) is 10.3. The SMILES string of the molecule is O=C(NCCCOC1CCCCC1)c1csc(-c2cnn(-c3ccccc3)c2)n1. The number of amides is 1. The van der Waals surface area contributed by atoms with Crippen LogP contribution in [0.2, 0.25) is 0 Å². The van der Waals surface area contributed by atoms with Gasteiger partial charge in [0.25, 0.3) is 5.91 Å². The minimum absolute atomic E-state index is 0.138. The maximum Gasteiger partial charge on any atom is 0.270 e. The summed E-state index contributed by atoms with van der Waals surface area (Å²) in [5.74, 6) is -0.138. The number of rotatable bonds is 8. The van der Waals surface area contributed by atoms with E-state index in [-0.39, 0.29) is 5.91 Å². The molecule has 1 aliphatic carbocycles. The molecule has 2 aromatic heterocycles. The molecule has 1 aromatic carbocycles. The van der Waals surface area contributed by atoms with E-state index in [0.717, 1.165) is 22.7 Å². The van der Waals surface area contributed by atoms with Crippen LogP contribution in [0.5, 0.6) is 0 Å². The summed E-state index contributed by atoms with van der Waals surface area (Å²) in [6, 6.07) is 9.91. The van der Waals surface area contributed by atoms with E-state index in [1.54, 1.807) is 11.6 Å². The minimum Gasteiger partial charge on any atom is -0.378 e. The largest absolute Gasteiger partial charge is 0.378 e. The summed E-state index contributed by atoms with van der Waals surface area (Å²) >= 11 is 1.45. The quantitative estimate of drug-likeness (QED) is 0.557. The summed E-state index contributed by atoms with van der Waals surface area (Å²) in [6.07, 6.45) is 11.2. The van der Waals surface area contributed by atoms with Crippen LogP contribution in [0.25, 0.3) is 16.3 Å². The normalized spacial score (nSPS) is 14.8. The van der Waals surface area contributed by atoms with Gasteiger partial charge < -0.3 is 10.1 Å². The predicted molar refractivity (Wildman–Crippen MR) is 114 cm³/mol. The van der Waals surface area contributed by atoms with Gasteiger partial charge in [0.2, 0.25) is 0 Å². The molecule has 0 radical (unpaired) electrons. The monoisotopic (exact) mass is 410 g/mol. The van der Waals surface area contributed by atoms with Gasteiger partial charge in [0.05, 0.1) is 18.0 Å². The van der Waals surface area contributed by atoms with Gasteiger partial charge in [0, 0.05) is 30.3 Å². The molecule has 1 saturated carbocycles. The molecule has 4 rings (SSSR count). The number of carbonyl (C=O) groups is 1. The van der Waals surface area contributed by atoms with Crippen LogP contribution in [-0.4, -0.2) is 39.9 Å². The highest BCUT2D eigenvalue weighted by Crippen LogP contribution is 2.24. The summed E-state index contributed by atoms with van der Waals surface area (Å²) < 4.78 is 7.71. The van der Waals surface area contributed by atoms with Gasteiger partial charge in [-0.05, 0) is 31.4 Å². The molecule has 0 unspecified atom stereocenters. The van der Waals surface area contributed by atoms with Crippen molar-refractivity contribution in [2.45, 2.75) is 44.6 Å². The van der Waals surface area contributed by atoms with Crippen molar-refractivity contribution in [3.63, 3.8) is 0 Å². The molecule has 1 aliphatic rings. The summed E-state index contributed by atoms with van der Waals surface area (Å²) in [4.78, 5) is 16.8. The standard InChI is InChI=1S/C22H26N4O2S/c27-21(23-12-7-13-28-19-10-5-2-6-11-19)20-16-29-22(25-20)17-14-24-26(15-17)18-8-3-1-4-9-18/h1,3-4,8-9,14-16,19H,2,5-7,10-13H2,(H,23,27). The average molecular weight is 411 g/mol. The number of thiazole rings is 1. The summed E-state index contributed by atoms with van der Waals surface area (Å²) in [5, 5.41) is 9.92. The lowest BCUT2D eigenvalue weighted by Gasteiger charge is -2.21. The maximum atomic E-state index is 12.4. The molecule has 152 valence electrons. The van der Waals surface area contributed by atoms with Gasteiger partial charge in [-0.2, -0.15) is 5.10 Å². The van der Waals surface area contributed by atoms with Crippen LogP contribution in [0.4, 0.5) is 0 Å². The summed E-state index contributed by atoms with van der Waals surface area (Å²) in [7, 11) is 0. The Morgan fingerprint density at radius 2 is 2.03 bits per heavy atom. The Balaban J connectivity index is 1.25. The van der Waals surface area contributed by atoms with Crippen molar-refractivity contribution >= 4 is 17.2 Å². The fraction of sp³-hybridized carbons (Fsp3) is 0.409. The Labute approximate surface area is 174 Å². The van der Waals surface area contributed by atoms with Crippen molar-refractivity contribution in [1.29, 1.82) is 0 Å². The Kier molecular flexibility index (Phi) is 6.69. The van der Waals surface area contributed by atoms with Crippen LogP contribution < -0.4 is 5.32 Å². The van der Waals surface area contributed by atoms with Crippen molar-refractivity contribution in [3.05, 3.63) is 53.8 Å². The third-order valence-corrected chi connectivity index (χ3v) is 5.99. The topological polar surface area (TPSA) is 69.0 Å². The lowest BCUT2D eigenvalue weighted by atomic mass is 9.98. The Morgan fingerprint density at radius 3 is 2.86 bits per heavy atom. The first-order valence-corrected chi connectivity index (χ1v) is 11.1. The molecule has 7 heteroatoms. The number of nitrogens with zero attached hydrogens (tertiary/aromatic N) is 3. The average Bonchev–Trinajstić information content (AvgIpc) is 3.45. The van der Waals surface area contributed by atoms with Crippen LogP contribution in [-0.2, 0) is 4.74 Å². The Bertz CT molecular complexity index is 916. The zero-order chi connectivity index (χ0) is 19.9. The highest BCUT2D eigenvalue weighted by molar-refractivity contribution is 7.13. The van der Waals surface area contributed by atoms with E-state index in [4.69, 9.17) is 4.74 Å². The zero-order valence-electron chi connectivity index (χ0n) is 16.4. The number of hydrogen-bond donors (Lipinski definition) is 1. The van der Waals surface area contributed by atoms with Crippen LogP contribution >= 0.6 is 11.3 Å². The molecule has 0 bridgehead atoms. The highest BCUT2D eigenvalue weighted by atomic mass is 32.1. The number of nitrogens with one attached hydrogen (secondary N) is 1. The zero-order valence-corrected chi connectivity index (χ0v) is 17.2. The minimum atomic E-state index is -0.138. The molecule has 3 aromatic rings. The van der Waals surface area contributed by atoms with Crippen LogP contribution in [0.3, 0.4) is 0 Å². The van der Waals surface area contributed by atoms with Gasteiger partial charge in [-0.3, -0.25) is 4.79 Å². The van der Waals surface area contributed by atoms with Crippen LogP contribution in [0, 0.1) is 0 Å². The first-order chi connectivity index (χ1) is 14.3. The van der Waals surface area contributed by atoms with Gasteiger partial charge in [-0.15, -0.1) is 11.3 Å². The van der Waals surface area contributed by atoms with Crippen LogP contribution in [0.15, 0.2) is 48.1 Å². The van der Waals surface area contributed by atoms with Gasteiger partial charge in [0.1, 0.15) is 10.7 Å². The number of benzene rings is 1. The van der Waals surface area contributed by atoms with E-state index < -0.39 is 0 Å². The van der Waals surface area contributed by atoms with Gasteiger partial charge in [0.15, 0.2) is 0 Å². The fourth-order valence-electron chi connectivity index (χ4n) is 3.51. The third kappa shape index (κ3) is 5.31. The van der Waals surface area contributed by atoms with E-state index in [1.165, 1.54) is 43.4 Å². The van der Waals surface area contributed by atoms with Crippen molar-refractivity contribution < 1.29 is 9.53 Å². The number of para-hydroxylation sites is 1. The van der Waals surface area contributed by atoms with Crippen molar-refractivity contribution in [1.82, 2.24) is 20.1 Å². The Hall–Kier alpha value is -2.51. The molecule has 6 nitrogen and oxygen atoms in total. The highest BCUT2D eigenvalue weighted by Gasteiger charge is 2.15. The second-order valence-electron chi connectivity index (χ2n) is 7.29. The number of aromatic nitrogens is 3. The summed E-state index contributed by atoms with van der Waals surface area (Å²) in [5.41, 5.74) is 2.34. The second kappa shape index (κ2) is 9.80. The van der Waals surface area contributed by atoms with E-state index in [1.807, 2.05) is 41.2 Å². The van der Waals surface area contributed by atoms with Crippen molar-refractivity contribution in [2.75, 3.05) is 13.2 Å². The maximum absolute atomic E-state index is 12.4. The van der Waals surface area contributed by atoms with Gasteiger partial charge in [-0.25, -0.2) is 9.67 Å². The first kappa shape index (κ1) is 19.8. The second-order valence-corrected chi connectivity index (χ2v) is 8.15. The van der Waals surface area contributed by atoms with Gasteiger partial charge in [-0.1, -0.05) is 37.5 Å². The molecule has 1 amide bonds. The Morgan fingerprint density at radius 1 is 1.21 bits per heavy atom. The van der Waals surface area contributed by atoms with E-state index >= 15 is 0 Å². The molecule has 0 aliphatic heterocycles. The molecule has 0 spiro atoms. The van der Waals surface area contributed by atoms with Crippen molar-refractivity contribution in [2.24, 2.45) is 0 Å². The predicted octanol–water partition coefficient (Wildman–Crippen LogP) is 4.47. The molecule has 2 heterocycles. The molecular formula is C22H26N4O2S. The van der Waals surface area contributed by atoms with Crippen molar-refractivity contribution in [3.8, 4) is 16.3 Å². The number of ether oxygens (including phenoxy) is 1. The van der Waals surface area contributed by atoms with E-state index in [0.29, 0.717) is 24.9 Å². The number of carbonyl (C=O) groups excluding carboxylic acids is 1. The van der Waals surface area contributed by atoms with Crippen LogP contribution in [0.1, 0.15) is 49.0 Å². The molecular weight excluding hydrogens is 384 g/mol. The van der Waals surface area contributed by atoms with E-state index in [9.17, 15) is 4.79 Å². The molecule has 0 saturated heterocycles. The molecule has 1 N–H and O–H groups in total. The number of hydrogen-bond acceptors (Lipinski definition) is 5. The van der Waals surface area contributed by atoms with Gasteiger partial charge >= 0.3 is 0 Å². The lowest BCUT2D eigenvalue weighted by molar-refractivity contribution is 0.0273. The summed E-state index contributed by atoms with van der Waals surface area (Å²) in [6.45, 7) is 1.30. The lowest BCUT2D eigenvalue weighted by Crippen LogP contribution is -2.26.